The molecular formula is C26H24ClF2NO5S. The zero-order valence-electron chi connectivity index (χ0n) is 19.2. The molecule has 0 radical (unpaired) electrons. The normalized spacial score (nSPS) is 23.4. The molecule has 0 saturated carbocycles. The minimum absolute atomic E-state index is 0.00342. The van der Waals surface area contributed by atoms with Crippen molar-refractivity contribution in [3.05, 3.63) is 92.9 Å². The molecule has 3 heterocycles. The number of halogens is 3. The molecule has 5 rings (SSSR count). The maximum atomic E-state index is 15.4. The second-order valence-corrected chi connectivity index (χ2v) is 11.8. The summed E-state index contributed by atoms with van der Waals surface area (Å²) in [4.78, 5) is 13.7. The summed E-state index contributed by atoms with van der Waals surface area (Å²) >= 11 is 6.06. The first-order valence-corrected chi connectivity index (χ1v) is 13.6. The van der Waals surface area contributed by atoms with Crippen LogP contribution >= 0.6 is 11.6 Å². The van der Waals surface area contributed by atoms with Gasteiger partial charge in [-0.15, -0.1) is 0 Å². The van der Waals surface area contributed by atoms with Gasteiger partial charge in [0, 0.05) is 40.8 Å². The van der Waals surface area contributed by atoms with Crippen LogP contribution < -0.4 is 10.3 Å². The average molecular weight is 536 g/mol. The van der Waals surface area contributed by atoms with Gasteiger partial charge < -0.3 is 14.5 Å². The van der Waals surface area contributed by atoms with E-state index in [1.165, 1.54) is 12.3 Å². The molecule has 0 aliphatic carbocycles. The lowest BCUT2D eigenvalue weighted by Gasteiger charge is -2.51. The van der Waals surface area contributed by atoms with Crippen LogP contribution in [0.1, 0.15) is 24.0 Å². The van der Waals surface area contributed by atoms with Gasteiger partial charge in [0.25, 0.3) is 0 Å². The van der Waals surface area contributed by atoms with Crippen LogP contribution in [0.3, 0.4) is 0 Å². The van der Waals surface area contributed by atoms with Crippen molar-refractivity contribution in [1.29, 1.82) is 0 Å². The number of hydrogen-bond acceptors (Lipinski definition) is 5. The Hall–Kier alpha value is -2.75. The molecule has 2 aliphatic rings. The van der Waals surface area contributed by atoms with E-state index < -0.39 is 44.5 Å². The number of pyridine rings is 1. The summed E-state index contributed by atoms with van der Waals surface area (Å²) < 4.78 is 67.7. The van der Waals surface area contributed by atoms with Crippen molar-refractivity contribution in [2.24, 2.45) is 5.92 Å². The second-order valence-electron chi connectivity index (χ2n) is 9.27. The van der Waals surface area contributed by atoms with Gasteiger partial charge in [-0.3, -0.25) is 4.79 Å². The third kappa shape index (κ3) is 4.55. The highest BCUT2D eigenvalue weighted by molar-refractivity contribution is 7.91. The first-order chi connectivity index (χ1) is 17.2. The summed E-state index contributed by atoms with van der Waals surface area (Å²) in [6.45, 7) is 0.313. The summed E-state index contributed by atoms with van der Waals surface area (Å²) in [6, 6.07) is 11.8. The molecule has 3 atom stereocenters. The van der Waals surface area contributed by atoms with Crippen LogP contribution in [-0.2, 0) is 26.4 Å². The number of benzene rings is 2. The number of aromatic nitrogens is 1. The molecule has 0 amide bonds. The number of rotatable bonds is 6. The molecule has 1 aromatic heterocycles. The first-order valence-electron chi connectivity index (χ1n) is 11.6. The van der Waals surface area contributed by atoms with E-state index in [0.29, 0.717) is 17.9 Å². The summed E-state index contributed by atoms with van der Waals surface area (Å²) in [6.07, 6.45) is 1.53. The van der Waals surface area contributed by atoms with Crippen LogP contribution in [0.2, 0.25) is 5.02 Å². The fourth-order valence-electron chi connectivity index (χ4n) is 5.48. The number of H-pyrrole nitrogens is 1. The quantitative estimate of drug-likeness (QED) is 0.504. The standard InChI is InChI=1S/C26H24ClF2NO5S/c27-17-3-1-16(2-4-17)13-26-10-11-34-22(9-12-36(32,33)18-5-8-23(31)30-14-18)19(26)15-35-25-21(29)7-6-20(28)24(25)26/h1-8,14,19,22H,9-13,15H2,(H,30,31)/t19-,22-,26-/m0/s1. The Labute approximate surface area is 212 Å². The molecule has 0 unspecified atom stereocenters. The third-order valence-corrected chi connectivity index (χ3v) is 9.22. The molecule has 0 bridgehead atoms. The van der Waals surface area contributed by atoms with E-state index in [0.717, 1.165) is 23.8 Å². The van der Waals surface area contributed by atoms with Gasteiger partial charge in [-0.2, -0.15) is 0 Å². The molecule has 3 aromatic rings. The minimum atomic E-state index is -3.71. The molecule has 1 saturated heterocycles. The number of ether oxygens (including phenoxy) is 2. The van der Waals surface area contributed by atoms with E-state index in [2.05, 4.69) is 4.98 Å². The van der Waals surface area contributed by atoms with Gasteiger partial charge in [0.2, 0.25) is 5.56 Å². The predicted octanol–water partition coefficient (Wildman–Crippen LogP) is 4.45. The maximum Gasteiger partial charge on any atom is 0.247 e. The van der Waals surface area contributed by atoms with Gasteiger partial charge in [0.15, 0.2) is 21.4 Å². The van der Waals surface area contributed by atoms with Gasteiger partial charge in [0.05, 0.1) is 23.4 Å². The highest BCUT2D eigenvalue weighted by Crippen LogP contribution is 2.52. The third-order valence-electron chi connectivity index (χ3n) is 7.22. The van der Waals surface area contributed by atoms with Gasteiger partial charge >= 0.3 is 0 Å². The van der Waals surface area contributed by atoms with E-state index in [-0.39, 0.29) is 41.6 Å². The summed E-state index contributed by atoms with van der Waals surface area (Å²) in [7, 11) is -3.71. The molecule has 1 fully saturated rings. The molecule has 190 valence electrons. The highest BCUT2D eigenvalue weighted by atomic mass is 35.5. The van der Waals surface area contributed by atoms with Gasteiger partial charge in [-0.05, 0) is 55.2 Å². The topological polar surface area (TPSA) is 85.5 Å². The summed E-state index contributed by atoms with van der Waals surface area (Å²) in [5.74, 6) is -1.95. The van der Waals surface area contributed by atoms with Gasteiger partial charge in [0.1, 0.15) is 5.82 Å². The van der Waals surface area contributed by atoms with Crippen LogP contribution in [-0.4, -0.2) is 38.5 Å². The smallest absolute Gasteiger partial charge is 0.247 e. The lowest BCUT2D eigenvalue weighted by Crippen LogP contribution is -2.55. The zero-order chi connectivity index (χ0) is 25.5. The summed E-state index contributed by atoms with van der Waals surface area (Å²) in [5.41, 5.74) is -0.199. The molecule has 36 heavy (non-hydrogen) atoms. The number of hydrogen-bond donors (Lipinski definition) is 1. The van der Waals surface area contributed by atoms with Crippen molar-refractivity contribution in [3.8, 4) is 5.75 Å². The van der Waals surface area contributed by atoms with Crippen LogP contribution in [0.4, 0.5) is 8.78 Å². The van der Waals surface area contributed by atoms with Gasteiger partial charge in [-0.25, -0.2) is 17.2 Å². The van der Waals surface area contributed by atoms with E-state index in [9.17, 15) is 17.6 Å². The van der Waals surface area contributed by atoms with Crippen LogP contribution in [0, 0.1) is 17.6 Å². The molecule has 10 heteroatoms. The van der Waals surface area contributed by atoms with Crippen molar-refractivity contribution < 1.29 is 26.7 Å². The number of sulfone groups is 1. The van der Waals surface area contributed by atoms with Crippen molar-refractivity contribution in [2.75, 3.05) is 19.0 Å². The van der Waals surface area contributed by atoms with Gasteiger partial charge in [-0.1, -0.05) is 23.7 Å². The van der Waals surface area contributed by atoms with E-state index in [4.69, 9.17) is 21.1 Å². The van der Waals surface area contributed by atoms with Crippen molar-refractivity contribution in [3.63, 3.8) is 0 Å². The summed E-state index contributed by atoms with van der Waals surface area (Å²) in [5, 5.41) is 0.565. The van der Waals surface area contributed by atoms with Crippen LogP contribution in [0.5, 0.6) is 5.75 Å². The molecular weight excluding hydrogens is 512 g/mol. The van der Waals surface area contributed by atoms with Crippen molar-refractivity contribution >= 4 is 21.4 Å². The Balaban J connectivity index is 1.51. The Bertz CT molecular complexity index is 1420. The molecule has 1 N–H and O–H groups in total. The SMILES string of the molecule is O=c1ccc(S(=O)(=O)CC[C@@H]2OCC[C@@]3(Cc4ccc(Cl)cc4)c4c(F)ccc(F)c4OC[C@@H]23)c[nH]1. The lowest BCUT2D eigenvalue weighted by molar-refractivity contribution is -0.0963. The highest BCUT2D eigenvalue weighted by Gasteiger charge is 2.53. The largest absolute Gasteiger partial charge is 0.490 e. The van der Waals surface area contributed by atoms with Crippen LogP contribution in [0.15, 0.2) is 64.4 Å². The Morgan fingerprint density at radius 3 is 2.53 bits per heavy atom. The maximum absolute atomic E-state index is 15.4. The second kappa shape index (κ2) is 9.61. The van der Waals surface area contributed by atoms with E-state index in [1.54, 1.807) is 12.1 Å². The van der Waals surface area contributed by atoms with E-state index in [1.807, 2.05) is 12.1 Å². The molecule has 0 spiro atoms. The molecule has 2 aromatic carbocycles. The lowest BCUT2D eigenvalue weighted by atomic mass is 9.60. The van der Waals surface area contributed by atoms with E-state index >= 15 is 4.39 Å². The first kappa shape index (κ1) is 24.9. The molecule has 2 aliphatic heterocycles. The fraction of sp³-hybridized carbons (Fsp3) is 0.346. The Morgan fingerprint density at radius 1 is 1.06 bits per heavy atom. The average Bonchev–Trinajstić information content (AvgIpc) is 2.86. The number of nitrogens with one attached hydrogen (secondary N) is 1. The van der Waals surface area contributed by atoms with Crippen molar-refractivity contribution in [1.82, 2.24) is 4.98 Å². The Kier molecular flexibility index (Phi) is 6.65. The predicted molar refractivity (Wildman–Crippen MR) is 130 cm³/mol. The van der Waals surface area contributed by atoms with Crippen LogP contribution in [0.25, 0.3) is 0 Å². The number of fused-ring (bicyclic) bond motifs is 3. The monoisotopic (exact) mass is 535 g/mol. The molecule has 6 nitrogen and oxygen atoms in total. The fourth-order valence-corrected chi connectivity index (χ4v) is 6.89. The number of aromatic amines is 1. The minimum Gasteiger partial charge on any atom is -0.490 e. The zero-order valence-corrected chi connectivity index (χ0v) is 20.7. The van der Waals surface area contributed by atoms with Crippen molar-refractivity contribution in [2.45, 2.75) is 35.7 Å². The Morgan fingerprint density at radius 2 is 1.81 bits per heavy atom.